The molecule has 4 N–H and O–H groups in total. The fourth-order valence-corrected chi connectivity index (χ4v) is 4.33. The number of aromatic nitrogens is 4. The minimum Gasteiger partial charge on any atom is -0.470 e. The summed E-state index contributed by atoms with van der Waals surface area (Å²) in [5.41, 5.74) is 3.06. The molecule has 3 amide bonds. The number of hydrogen-bond donors (Lipinski definition) is 4. The van der Waals surface area contributed by atoms with Crippen LogP contribution in [0.25, 0.3) is 5.69 Å². The van der Waals surface area contributed by atoms with E-state index < -0.39 is 5.60 Å². The fraction of sp³-hybridized carbons (Fsp3) is 0.250. The molecule has 3 heterocycles. The molecule has 198 valence electrons. The largest absolute Gasteiger partial charge is 0.470 e. The van der Waals surface area contributed by atoms with Crippen molar-refractivity contribution in [3.05, 3.63) is 72.2 Å². The standard InChI is InChI=1S/C28H28N8O3/c1-16-13-18(11-12-20(16)32-24-23-25(30-15-29-24)34-26(37)28(2,3)39-23)31-27(38)33-22-14-21(17-9-10-17)35-36(22)19-7-5-4-6-8-19/h4-8,11-15,17H,9-10H2,1-3H3,(H2,31,33,38)(H2,29,30,32,34,37). The number of carbonyl (C=O) groups is 2. The van der Waals surface area contributed by atoms with Gasteiger partial charge in [0.1, 0.15) is 12.1 Å². The van der Waals surface area contributed by atoms with Crippen LogP contribution in [0.5, 0.6) is 5.75 Å². The molecule has 2 aromatic carbocycles. The Labute approximate surface area is 225 Å². The third-order valence-corrected chi connectivity index (χ3v) is 6.64. The molecule has 1 aliphatic carbocycles. The quantitative estimate of drug-likeness (QED) is 0.267. The Balaban J connectivity index is 1.17. The number of anilines is 5. The number of rotatable bonds is 6. The molecule has 0 spiro atoms. The fourth-order valence-electron chi connectivity index (χ4n) is 4.33. The van der Waals surface area contributed by atoms with E-state index in [1.54, 1.807) is 24.6 Å². The second kappa shape index (κ2) is 9.43. The number of nitrogens with zero attached hydrogens (tertiary/aromatic N) is 4. The Bertz CT molecular complexity index is 1580. The molecule has 2 aromatic heterocycles. The first kappa shape index (κ1) is 24.4. The highest BCUT2D eigenvalue weighted by atomic mass is 16.5. The number of carbonyl (C=O) groups excluding carboxylic acids is 2. The summed E-state index contributed by atoms with van der Waals surface area (Å²) in [6.07, 6.45) is 3.59. The van der Waals surface area contributed by atoms with E-state index in [9.17, 15) is 9.59 Å². The molecule has 11 nitrogen and oxygen atoms in total. The Morgan fingerprint density at radius 2 is 1.87 bits per heavy atom. The van der Waals surface area contributed by atoms with E-state index in [4.69, 9.17) is 9.84 Å². The summed E-state index contributed by atoms with van der Waals surface area (Å²) in [6.45, 7) is 5.27. The molecular weight excluding hydrogens is 496 g/mol. The van der Waals surface area contributed by atoms with Gasteiger partial charge in [0.25, 0.3) is 5.91 Å². The van der Waals surface area contributed by atoms with Crippen LogP contribution in [0.3, 0.4) is 0 Å². The predicted octanol–water partition coefficient (Wildman–Crippen LogP) is 5.35. The molecule has 0 atom stereocenters. The second-order valence-corrected chi connectivity index (χ2v) is 10.2. The summed E-state index contributed by atoms with van der Waals surface area (Å²) in [6, 6.07) is 16.8. The summed E-state index contributed by atoms with van der Waals surface area (Å²) in [5, 5.41) is 16.6. The number of ether oxygens (including phenoxy) is 1. The van der Waals surface area contributed by atoms with Crippen molar-refractivity contribution < 1.29 is 14.3 Å². The molecule has 0 radical (unpaired) electrons. The van der Waals surface area contributed by atoms with Gasteiger partial charge in [0.2, 0.25) is 5.75 Å². The van der Waals surface area contributed by atoms with E-state index in [1.807, 2.05) is 55.5 Å². The molecule has 6 rings (SSSR count). The van der Waals surface area contributed by atoms with Gasteiger partial charge in [-0.3, -0.25) is 10.1 Å². The van der Waals surface area contributed by atoms with Gasteiger partial charge in [0.15, 0.2) is 17.2 Å². The number of nitrogens with one attached hydrogen (secondary N) is 4. The van der Waals surface area contributed by atoms with Crippen LogP contribution >= 0.6 is 0 Å². The van der Waals surface area contributed by atoms with Crippen LogP contribution in [0.2, 0.25) is 0 Å². The second-order valence-electron chi connectivity index (χ2n) is 10.2. The molecule has 0 bridgehead atoms. The first-order valence-corrected chi connectivity index (χ1v) is 12.7. The molecule has 2 aliphatic rings. The molecular formula is C28H28N8O3. The maximum Gasteiger partial charge on any atom is 0.324 e. The lowest BCUT2D eigenvalue weighted by Gasteiger charge is -2.31. The topological polar surface area (TPSA) is 135 Å². The number of hydrogen-bond acceptors (Lipinski definition) is 7. The van der Waals surface area contributed by atoms with Crippen LogP contribution in [0.4, 0.5) is 33.6 Å². The molecule has 11 heteroatoms. The van der Waals surface area contributed by atoms with Crippen LogP contribution in [0, 0.1) is 6.92 Å². The van der Waals surface area contributed by atoms with Crippen LogP contribution in [-0.2, 0) is 4.79 Å². The van der Waals surface area contributed by atoms with Crippen molar-refractivity contribution in [1.82, 2.24) is 19.7 Å². The Morgan fingerprint density at radius 1 is 1.08 bits per heavy atom. The van der Waals surface area contributed by atoms with E-state index in [-0.39, 0.29) is 11.9 Å². The zero-order chi connectivity index (χ0) is 27.1. The maximum atomic E-state index is 12.9. The van der Waals surface area contributed by atoms with Gasteiger partial charge in [-0.25, -0.2) is 19.4 Å². The number of aryl methyl sites for hydroxylation is 1. The summed E-state index contributed by atoms with van der Waals surface area (Å²) < 4.78 is 7.66. The highest BCUT2D eigenvalue weighted by Gasteiger charge is 2.38. The third-order valence-electron chi connectivity index (χ3n) is 6.64. The molecule has 1 fully saturated rings. The van der Waals surface area contributed by atoms with Crippen LogP contribution in [0.15, 0.2) is 60.9 Å². The normalized spacial score (nSPS) is 15.5. The van der Waals surface area contributed by atoms with Crippen molar-refractivity contribution in [2.45, 2.75) is 45.1 Å². The minimum absolute atomic E-state index is 0.278. The monoisotopic (exact) mass is 524 g/mol. The zero-order valence-electron chi connectivity index (χ0n) is 21.8. The Kier molecular flexibility index (Phi) is 5.90. The first-order valence-electron chi connectivity index (χ1n) is 12.7. The lowest BCUT2D eigenvalue weighted by atomic mass is 10.1. The summed E-state index contributed by atoms with van der Waals surface area (Å²) in [5.74, 6) is 1.89. The van der Waals surface area contributed by atoms with Crippen LogP contribution < -0.4 is 26.0 Å². The summed E-state index contributed by atoms with van der Waals surface area (Å²) >= 11 is 0. The van der Waals surface area contributed by atoms with Gasteiger partial charge in [-0.15, -0.1) is 0 Å². The van der Waals surface area contributed by atoms with Gasteiger partial charge < -0.3 is 20.7 Å². The van der Waals surface area contributed by atoms with Crippen LogP contribution in [0.1, 0.15) is 43.9 Å². The lowest BCUT2D eigenvalue weighted by Crippen LogP contribution is -2.46. The highest BCUT2D eigenvalue weighted by Crippen LogP contribution is 2.41. The molecule has 39 heavy (non-hydrogen) atoms. The predicted molar refractivity (Wildman–Crippen MR) is 148 cm³/mol. The highest BCUT2D eigenvalue weighted by molar-refractivity contribution is 6.01. The molecule has 4 aromatic rings. The molecule has 1 aliphatic heterocycles. The van der Waals surface area contributed by atoms with Crippen molar-refractivity contribution >= 4 is 40.8 Å². The van der Waals surface area contributed by atoms with E-state index in [0.717, 1.165) is 35.5 Å². The van der Waals surface area contributed by atoms with Crippen molar-refractivity contribution in [2.24, 2.45) is 0 Å². The van der Waals surface area contributed by atoms with Crippen molar-refractivity contribution in [3.8, 4) is 11.4 Å². The van der Waals surface area contributed by atoms with Crippen molar-refractivity contribution in [2.75, 3.05) is 21.3 Å². The molecule has 0 unspecified atom stereocenters. The van der Waals surface area contributed by atoms with Gasteiger partial charge in [-0.2, -0.15) is 5.10 Å². The molecule has 1 saturated carbocycles. The average Bonchev–Trinajstić information content (AvgIpc) is 3.67. The van der Waals surface area contributed by atoms with E-state index >= 15 is 0 Å². The average molecular weight is 525 g/mol. The maximum absolute atomic E-state index is 12.9. The zero-order valence-corrected chi connectivity index (χ0v) is 21.8. The number of fused-ring (bicyclic) bond motifs is 1. The third kappa shape index (κ3) is 4.98. The van der Waals surface area contributed by atoms with Gasteiger partial charge in [0, 0.05) is 23.4 Å². The van der Waals surface area contributed by atoms with E-state index in [1.165, 1.54) is 6.33 Å². The summed E-state index contributed by atoms with van der Waals surface area (Å²) in [4.78, 5) is 33.6. The Hall–Kier alpha value is -4.93. The smallest absolute Gasteiger partial charge is 0.324 e. The summed E-state index contributed by atoms with van der Waals surface area (Å²) in [7, 11) is 0. The van der Waals surface area contributed by atoms with Crippen molar-refractivity contribution in [3.63, 3.8) is 0 Å². The van der Waals surface area contributed by atoms with E-state index in [2.05, 4.69) is 31.2 Å². The van der Waals surface area contributed by atoms with Crippen molar-refractivity contribution in [1.29, 1.82) is 0 Å². The number of para-hydroxylation sites is 1. The lowest BCUT2D eigenvalue weighted by molar-refractivity contribution is -0.129. The minimum atomic E-state index is -1.06. The number of amides is 3. The van der Waals surface area contributed by atoms with Gasteiger partial charge >= 0.3 is 6.03 Å². The number of urea groups is 1. The Morgan fingerprint density at radius 3 is 2.62 bits per heavy atom. The SMILES string of the molecule is Cc1cc(NC(=O)Nc2cc(C3CC3)nn2-c2ccccc2)ccc1Nc1ncnc2c1OC(C)(C)C(=O)N2. The van der Waals surface area contributed by atoms with Gasteiger partial charge in [-0.1, -0.05) is 18.2 Å². The van der Waals surface area contributed by atoms with Gasteiger partial charge in [0.05, 0.1) is 11.4 Å². The first-order chi connectivity index (χ1) is 18.8. The molecule has 0 saturated heterocycles. The number of benzene rings is 2. The van der Waals surface area contributed by atoms with Crippen LogP contribution in [-0.4, -0.2) is 37.3 Å². The van der Waals surface area contributed by atoms with E-state index in [0.29, 0.717) is 34.8 Å². The van der Waals surface area contributed by atoms with Gasteiger partial charge in [-0.05, 0) is 69.5 Å².